The molecule has 1 aromatic rings. The van der Waals surface area contributed by atoms with Crippen molar-refractivity contribution in [1.82, 2.24) is 5.32 Å². The normalized spacial score (nSPS) is 22.1. The molecule has 1 heterocycles. The van der Waals surface area contributed by atoms with Gasteiger partial charge < -0.3 is 5.32 Å². The molecule has 0 amide bonds. The van der Waals surface area contributed by atoms with Gasteiger partial charge in [0.25, 0.3) is 5.92 Å². The van der Waals surface area contributed by atoms with E-state index in [1.54, 1.807) is 12.1 Å². The smallest absolute Gasteiger partial charge is 0.278 e. The summed E-state index contributed by atoms with van der Waals surface area (Å²) >= 11 is 5.83. The zero-order valence-corrected chi connectivity index (χ0v) is 9.61. The fraction of sp³-hybridized carbons (Fsp3) is 0.500. The SMILES string of the molecule is FC(F)(c1ccccc1Cl)C1CCCNC1. The van der Waals surface area contributed by atoms with Crippen molar-refractivity contribution in [3.63, 3.8) is 0 Å². The third kappa shape index (κ3) is 2.20. The van der Waals surface area contributed by atoms with Gasteiger partial charge in [-0.2, -0.15) is 0 Å². The molecule has 0 radical (unpaired) electrons. The van der Waals surface area contributed by atoms with Gasteiger partial charge in [0.15, 0.2) is 0 Å². The molecule has 0 aliphatic carbocycles. The van der Waals surface area contributed by atoms with Crippen molar-refractivity contribution in [3.8, 4) is 0 Å². The van der Waals surface area contributed by atoms with Gasteiger partial charge in [0.2, 0.25) is 0 Å². The lowest BCUT2D eigenvalue weighted by Crippen LogP contribution is -2.39. The lowest BCUT2D eigenvalue weighted by Gasteiger charge is -2.31. The first kappa shape index (κ1) is 11.8. The monoisotopic (exact) mass is 245 g/mol. The Morgan fingerprint density at radius 2 is 2.06 bits per heavy atom. The Labute approximate surface area is 98.8 Å². The number of hydrogen-bond donors (Lipinski definition) is 1. The van der Waals surface area contributed by atoms with Gasteiger partial charge >= 0.3 is 0 Å². The van der Waals surface area contributed by atoms with Crippen molar-refractivity contribution in [2.24, 2.45) is 5.92 Å². The molecular weight excluding hydrogens is 232 g/mol. The molecule has 16 heavy (non-hydrogen) atoms. The van der Waals surface area contributed by atoms with Gasteiger partial charge in [-0.3, -0.25) is 0 Å². The van der Waals surface area contributed by atoms with E-state index in [9.17, 15) is 8.78 Å². The highest BCUT2D eigenvalue weighted by molar-refractivity contribution is 6.31. The fourth-order valence-corrected chi connectivity index (χ4v) is 2.37. The minimum atomic E-state index is -2.84. The molecule has 0 aromatic heterocycles. The lowest BCUT2D eigenvalue weighted by atomic mass is 9.88. The van der Waals surface area contributed by atoms with Crippen LogP contribution in [0.25, 0.3) is 0 Å². The molecule has 1 N–H and O–H groups in total. The van der Waals surface area contributed by atoms with Crippen LogP contribution in [0.3, 0.4) is 0 Å². The van der Waals surface area contributed by atoms with Crippen molar-refractivity contribution in [2.75, 3.05) is 13.1 Å². The van der Waals surface area contributed by atoms with Gasteiger partial charge in [-0.15, -0.1) is 0 Å². The number of alkyl halides is 2. The first-order valence-corrected chi connectivity index (χ1v) is 5.83. The summed E-state index contributed by atoms with van der Waals surface area (Å²) in [5.41, 5.74) is -0.0506. The summed E-state index contributed by atoms with van der Waals surface area (Å²) in [5, 5.41) is 3.16. The second-order valence-corrected chi connectivity index (χ2v) is 4.55. The molecule has 1 unspecified atom stereocenters. The van der Waals surface area contributed by atoms with Crippen LogP contribution in [-0.4, -0.2) is 13.1 Å². The van der Waals surface area contributed by atoms with Crippen LogP contribution in [0.15, 0.2) is 24.3 Å². The Morgan fingerprint density at radius 3 is 2.69 bits per heavy atom. The predicted molar refractivity (Wildman–Crippen MR) is 60.9 cm³/mol. The van der Waals surface area contributed by atoms with Gasteiger partial charge in [-0.25, -0.2) is 8.78 Å². The van der Waals surface area contributed by atoms with Crippen molar-refractivity contribution < 1.29 is 8.78 Å². The summed E-state index contributed by atoms with van der Waals surface area (Å²) in [6.45, 7) is 1.19. The molecule has 1 saturated heterocycles. The molecule has 0 spiro atoms. The van der Waals surface area contributed by atoms with Crippen LogP contribution >= 0.6 is 11.6 Å². The number of benzene rings is 1. The minimum Gasteiger partial charge on any atom is -0.316 e. The van der Waals surface area contributed by atoms with Crippen molar-refractivity contribution in [2.45, 2.75) is 18.8 Å². The molecule has 1 aliphatic heterocycles. The zero-order valence-electron chi connectivity index (χ0n) is 8.85. The number of rotatable bonds is 2. The van der Waals surface area contributed by atoms with E-state index in [0.717, 1.165) is 13.0 Å². The molecular formula is C12H14ClF2N. The molecule has 1 nitrogen and oxygen atoms in total. The standard InChI is InChI=1S/C12H14ClF2N/c13-11-6-2-1-5-10(11)12(14,15)9-4-3-7-16-8-9/h1-2,5-6,9,16H,3-4,7-8H2. The second kappa shape index (κ2) is 4.68. The summed E-state index contributed by atoms with van der Waals surface area (Å²) in [4.78, 5) is 0. The lowest BCUT2D eigenvalue weighted by molar-refractivity contribution is -0.0723. The van der Waals surface area contributed by atoms with Crippen LogP contribution in [0.2, 0.25) is 5.02 Å². The molecule has 4 heteroatoms. The first-order valence-electron chi connectivity index (χ1n) is 5.46. The van der Waals surface area contributed by atoms with Crippen LogP contribution in [0.1, 0.15) is 18.4 Å². The van der Waals surface area contributed by atoms with Crippen LogP contribution in [-0.2, 0) is 5.92 Å². The highest BCUT2D eigenvalue weighted by Gasteiger charge is 2.42. The maximum absolute atomic E-state index is 14.2. The van der Waals surface area contributed by atoms with E-state index < -0.39 is 11.8 Å². The van der Waals surface area contributed by atoms with Gasteiger partial charge in [0.05, 0.1) is 0 Å². The minimum absolute atomic E-state index is 0.0506. The topological polar surface area (TPSA) is 12.0 Å². The van der Waals surface area contributed by atoms with Gasteiger partial charge in [0, 0.05) is 23.0 Å². The summed E-state index contributed by atoms with van der Waals surface area (Å²) in [6, 6.07) is 6.20. The average Bonchev–Trinajstić information content (AvgIpc) is 2.30. The molecule has 0 bridgehead atoms. The van der Waals surface area contributed by atoms with Gasteiger partial charge in [-0.05, 0) is 25.5 Å². The van der Waals surface area contributed by atoms with Crippen LogP contribution < -0.4 is 5.32 Å². The Kier molecular flexibility index (Phi) is 3.45. The van der Waals surface area contributed by atoms with Crippen molar-refractivity contribution >= 4 is 11.6 Å². The fourth-order valence-electron chi connectivity index (χ4n) is 2.11. The molecule has 1 aromatic carbocycles. The number of nitrogens with one attached hydrogen (secondary N) is 1. The van der Waals surface area contributed by atoms with E-state index >= 15 is 0 Å². The van der Waals surface area contributed by atoms with Gasteiger partial charge in [-0.1, -0.05) is 29.8 Å². The zero-order chi connectivity index (χ0) is 11.6. The predicted octanol–water partition coefficient (Wildman–Crippen LogP) is 3.43. The Morgan fingerprint density at radius 1 is 1.31 bits per heavy atom. The van der Waals surface area contributed by atoms with E-state index in [1.165, 1.54) is 12.1 Å². The van der Waals surface area contributed by atoms with Gasteiger partial charge in [0.1, 0.15) is 0 Å². The highest BCUT2D eigenvalue weighted by Crippen LogP contribution is 2.41. The first-order chi connectivity index (χ1) is 7.62. The molecule has 2 rings (SSSR count). The van der Waals surface area contributed by atoms with E-state index in [2.05, 4.69) is 5.32 Å². The average molecular weight is 246 g/mol. The second-order valence-electron chi connectivity index (χ2n) is 4.15. The van der Waals surface area contributed by atoms with Crippen LogP contribution in [0, 0.1) is 5.92 Å². The quantitative estimate of drug-likeness (QED) is 0.842. The molecule has 1 aliphatic rings. The third-order valence-electron chi connectivity index (χ3n) is 3.04. The molecule has 1 atom stereocenters. The summed E-state index contributed by atoms with van der Waals surface area (Å²) in [7, 11) is 0. The summed E-state index contributed by atoms with van der Waals surface area (Å²) in [6.07, 6.45) is 1.34. The third-order valence-corrected chi connectivity index (χ3v) is 3.37. The molecule has 1 fully saturated rings. The number of halogens is 3. The van der Waals surface area contributed by atoms with E-state index in [1.807, 2.05) is 0 Å². The van der Waals surface area contributed by atoms with E-state index in [-0.39, 0.29) is 10.6 Å². The Balaban J connectivity index is 2.26. The van der Waals surface area contributed by atoms with Crippen LogP contribution in [0.4, 0.5) is 8.78 Å². The Hall–Kier alpha value is -0.670. The van der Waals surface area contributed by atoms with E-state index in [0.29, 0.717) is 13.0 Å². The summed E-state index contributed by atoms with van der Waals surface area (Å²) in [5.74, 6) is -3.49. The number of hydrogen-bond acceptors (Lipinski definition) is 1. The molecule has 0 saturated carbocycles. The highest BCUT2D eigenvalue weighted by atomic mass is 35.5. The van der Waals surface area contributed by atoms with Crippen LogP contribution in [0.5, 0.6) is 0 Å². The summed E-state index contributed by atoms with van der Waals surface area (Å²) < 4.78 is 28.4. The van der Waals surface area contributed by atoms with Crippen molar-refractivity contribution in [1.29, 1.82) is 0 Å². The maximum Gasteiger partial charge on any atom is 0.278 e. The molecule has 88 valence electrons. The van der Waals surface area contributed by atoms with E-state index in [4.69, 9.17) is 11.6 Å². The maximum atomic E-state index is 14.2. The Bertz CT molecular complexity index is 362. The van der Waals surface area contributed by atoms with Crippen molar-refractivity contribution in [3.05, 3.63) is 34.9 Å². The largest absolute Gasteiger partial charge is 0.316 e. The number of piperidine rings is 1.